The zero-order chi connectivity index (χ0) is 23.5. The maximum Gasteiger partial charge on any atom is 0.252 e. The summed E-state index contributed by atoms with van der Waals surface area (Å²) in [5.74, 6) is -0.0301. The van der Waals surface area contributed by atoms with Crippen LogP contribution >= 0.6 is 23.2 Å². The third-order valence-electron chi connectivity index (χ3n) is 5.99. The zero-order valence-electron chi connectivity index (χ0n) is 19.0. The zero-order valence-corrected chi connectivity index (χ0v) is 20.6. The van der Waals surface area contributed by atoms with Gasteiger partial charge in [0.1, 0.15) is 12.2 Å². The molecule has 4 nitrogen and oxygen atoms in total. The maximum atomic E-state index is 13.4. The van der Waals surface area contributed by atoms with Crippen LogP contribution in [-0.4, -0.2) is 43.0 Å². The number of rotatable bonds is 6. The van der Waals surface area contributed by atoms with E-state index in [9.17, 15) is 4.79 Å². The van der Waals surface area contributed by atoms with E-state index >= 15 is 0 Å². The minimum Gasteiger partial charge on any atom is -0.358 e. The van der Waals surface area contributed by atoms with E-state index < -0.39 is 6.10 Å². The largest absolute Gasteiger partial charge is 0.358 e. The fourth-order valence-corrected chi connectivity index (χ4v) is 4.60. The number of nitrogens with zero attached hydrogens (tertiary/aromatic N) is 2. The molecule has 6 heteroatoms. The molecule has 1 aliphatic rings. The second kappa shape index (κ2) is 10.3. The highest BCUT2D eigenvalue weighted by molar-refractivity contribution is 6.30. The quantitative estimate of drug-likeness (QED) is 0.435. The van der Waals surface area contributed by atoms with Gasteiger partial charge in [0.05, 0.1) is 6.04 Å². The van der Waals surface area contributed by atoms with Crippen molar-refractivity contribution in [2.24, 2.45) is 0 Å². The number of halogens is 2. The first kappa shape index (κ1) is 23.8. The Labute approximate surface area is 205 Å². The van der Waals surface area contributed by atoms with Crippen LogP contribution in [-0.2, 0) is 22.5 Å². The van der Waals surface area contributed by atoms with Crippen LogP contribution in [0.5, 0.6) is 0 Å². The minimum absolute atomic E-state index is 0.0301. The third kappa shape index (κ3) is 5.59. The molecule has 0 bridgehead atoms. The Hall–Kier alpha value is -2.37. The van der Waals surface area contributed by atoms with Crippen molar-refractivity contribution in [3.63, 3.8) is 0 Å². The van der Waals surface area contributed by atoms with Crippen molar-refractivity contribution >= 4 is 29.1 Å². The number of likely N-dealkylation sites (N-methyl/N-ethyl adjacent to an activating group) is 1. The topological polar surface area (TPSA) is 32.8 Å². The number of benzene rings is 3. The molecule has 0 N–H and O–H groups in total. The molecule has 1 heterocycles. The first-order chi connectivity index (χ1) is 15.8. The van der Waals surface area contributed by atoms with Gasteiger partial charge in [0, 0.05) is 30.1 Å². The summed E-state index contributed by atoms with van der Waals surface area (Å²) in [6, 6.07) is 23.3. The monoisotopic (exact) mass is 482 g/mol. The summed E-state index contributed by atoms with van der Waals surface area (Å²) in [5, 5.41) is 1.32. The Bertz CT molecular complexity index is 1080. The molecular weight excluding hydrogens is 455 g/mol. The van der Waals surface area contributed by atoms with Crippen molar-refractivity contribution in [3.8, 4) is 0 Å². The average molecular weight is 483 g/mol. The van der Waals surface area contributed by atoms with E-state index in [0.717, 1.165) is 23.2 Å². The number of carbonyl (C=O) groups is 1. The Balaban J connectivity index is 1.62. The molecule has 3 aromatic rings. The highest BCUT2D eigenvalue weighted by Gasteiger charge is 2.42. The molecular formula is C27H28Cl2N2O2. The molecule has 172 valence electrons. The van der Waals surface area contributed by atoms with Crippen LogP contribution in [0, 0.1) is 0 Å². The Morgan fingerprint density at radius 2 is 1.33 bits per heavy atom. The van der Waals surface area contributed by atoms with Crippen LogP contribution in [0.3, 0.4) is 0 Å². The third-order valence-corrected chi connectivity index (χ3v) is 6.49. The van der Waals surface area contributed by atoms with E-state index in [1.54, 1.807) is 4.90 Å². The molecule has 0 radical (unpaired) electrons. The van der Waals surface area contributed by atoms with Crippen LogP contribution in [0.4, 0.5) is 0 Å². The summed E-state index contributed by atoms with van der Waals surface area (Å²) < 4.78 is 6.52. The van der Waals surface area contributed by atoms with Gasteiger partial charge in [-0.2, -0.15) is 0 Å². The average Bonchev–Trinajstić information content (AvgIpc) is 2.79. The molecule has 3 aromatic carbocycles. The second-order valence-corrected chi connectivity index (χ2v) is 9.67. The summed E-state index contributed by atoms with van der Waals surface area (Å²) in [7, 11) is 5.94. The van der Waals surface area contributed by atoms with Crippen LogP contribution in [0.2, 0.25) is 10.0 Å². The summed E-state index contributed by atoms with van der Waals surface area (Å²) in [6.07, 6.45) is -0.383. The van der Waals surface area contributed by atoms with Crippen molar-refractivity contribution in [1.29, 1.82) is 0 Å². The predicted molar refractivity (Wildman–Crippen MR) is 134 cm³/mol. The predicted octanol–water partition coefficient (Wildman–Crippen LogP) is 5.94. The SMILES string of the molecule is CN(C)Cc1ccc(C[C@@H]2O[C@@H](c3ccc(Cl)cc3)[C@@H](c3ccc(Cl)cc3)N(C)C2=O)cc1. The highest BCUT2D eigenvalue weighted by atomic mass is 35.5. The minimum atomic E-state index is -0.570. The molecule has 0 unspecified atom stereocenters. The van der Waals surface area contributed by atoms with Crippen molar-refractivity contribution in [1.82, 2.24) is 9.80 Å². The van der Waals surface area contributed by atoms with Gasteiger partial charge in [-0.3, -0.25) is 4.79 Å². The Morgan fingerprint density at radius 1 is 0.818 bits per heavy atom. The van der Waals surface area contributed by atoms with Gasteiger partial charge >= 0.3 is 0 Å². The molecule has 1 amide bonds. The van der Waals surface area contributed by atoms with E-state index in [1.165, 1.54) is 5.56 Å². The van der Waals surface area contributed by atoms with Gasteiger partial charge in [-0.1, -0.05) is 71.7 Å². The van der Waals surface area contributed by atoms with E-state index in [1.807, 2.05) is 69.7 Å². The smallest absolute Gasteiger partial charge is 0.252 e. The summed E-state index contributed by atoms with van der Waals surface area (Å²) in [4.78, 5) is 17.3. The van der Waals surface area contributed by atoms with Gasteiger partial charge in [0.25, 0.3) is 5.91 Å². The number of ether oxygens (including phenoxy) is 1. The van der Waals surface area contributed by atoms with Crippen molar-refractivity contribution in [2.45, 2.75) is 31.2 Å². The molecule has 0 spiro atoms. The molecule has 1 saturated heterocycles. The molecule has 33 heavy (non-hydrogen) atoms. The summed E-state index contributed by atoms with van der Waals surface area (Å²) >= 11 is 12.2. The van der Waals surface area contributed by atoms with Crippen molar-refractivity contribution < 1.29 is 9.53 Å². The van der Waals surface area contributed by atoms with E-state index in [-0.39, 0.29) is 18.1 Å². The first-order valence-corrected chi connectivity index (χ1v) is 11.7. The lowest BCUT2D eigenvalue weighted by atomic mass is 9.91. The van der Waals surface area contributed by atoms with Crippen molar-refractivity contribution in [3.05, 3.63) is 105 Å². The lowest BCUT2D eigenvalue weighted by molar-refractivity contribution is -0.171. The fourth-order valence-electron chi connectivity index (χ4n) is 4.34. The molecule has 1 aliphatic heterocycles. The number of amides is 1. The standard InChI is InChI=1S/C27H28Cl2N2O2/c1-30(2)17-19-6-4-18(5-7-19)16-24-27(32)31(3)25(20-8-12-22(28)13-9-20)26(33-24)21-10-14-23(29)15-11-21/h4-15,24-26H,16-17H2,1-3H3/t24-,25+,26-/m0/s1. The van der Waals surface area contributed by atoms with Gasteiger partial charge in [-0.25, -0.2) is 0 Å². The lowest BCUT2D eigenvalue weighted by Crippen LogP contribution is -2.49. The maximum absolute atomic E-state index is 13.4. The van der Waals surface area contributed by atoms with E-state index in [0.29, 0.717) is 16.5 Å². The number of hydrogen-bond acceptors (Lipinski definition) is 3. The van der Waals surface area contributed by atoms with Gasteiger partial charge in [-0.15, -0.1) is 0 Å². The summed E-state index contributed by atoms with van der Waals surface area (Å²) in [5.41, 5.74) is 4.26. The van der Waals surface area contributed by atoms with Gasteiger partial charge in [-0.05, 0) is 60.6 Å². The first-order valence-electron chi connectivity index (χ1n) is 11.0. The normalized spacial score (nSPS) is 21.0. The number of hydrogen-bond donors (Lipinski definition) is 0. The van der Waals surface area contributed by atoms with Gasteiger partial charge in [0.2, 0.25) is 0 Å². The molecule has 3 atom stereocenters. The van der Waals surface area contributed by atoms with Gasteiger partial charge in [0.15, 0.2) is 0 Å². The molecule has 0 saturated carbocycles. The van der Waals surface area contributed by atoms with Crippen molar-refractivity contribution in [2.75, 3.05) is 21.1 Å². The molecule has 4 rings (SSSR count). The molecule has 0 aromatic heterocycles. The van der Waals surface area contributed by atoms with Crippen LogP contribution in [0.25, 0.3) is 0 Å². The van der Waals surface area contributed by atoms with E-state index in [4.69, 9.17) is 27.9 Å². The van der Waals surface area contributed by atoms with Crippen LogP contribution < -0.4 is 0 Å². The Morgan fingerprint density at radius 3 is 1.88 bits per heavy atom. The summed E-state index contributed by atoms with van der Waals surface area (Å²) in [6.45, 7) is 0.878. The highest BCUT2D eigenvalue weighted by Crippen LogP contribution is 2.42. The number of morpholine rings is 1. The fraction of sp³-hybridized carbons (Fsp3) is 0.296. The van der Waals surface area contributed by atoms with Crippen LogP contribution in [0.15, 0.2) is 72.8 Å². The Kier molecular flexibility index (Phi) is 7.40. The number of carbonyl (C=O) groups excluding carboxylic acids is 1. The van der Waals surface area contributed by atoms with Gasteiger partial charge < -0.3 is 14.5 Å². The van der Waals surface area contributed by atoms with Crippen LogP contribution in [0.1, 0.15) is 34.4 Å². The van der Waals surface area contributed by atoms with E-state index in [2.05, 4.69) is 29.2 Å². The molecule has 1 fully saturated rings. The lowest BCUT2D eigenvalue weighted by Gasteiger charge is -2.43. The molecule has 0 aliphatic carbocycles. The second-order valence-electron chi connectivity index (χ2n) is 8.80.